The fourth-order valence-electron chi connectivity index (χ4n) is 2.55. The van der Waals surface area contributed by atoms with E-state index < -0.39 is 12.6 Å². The minimum atomic E-state index is -1.03. The van der Waals surface area contributed by atoms with Crippen LogP contribution in [0.15, 0.2) is 42.5 Å². The molecule has 1 atom stereocenters. The molecule has 1 amide bonds. The quantitative estimate of drug-likeness (QED) is 0.702. The third-order valence-electron chi connectivity index (χ3n) is 3.93. The normalized spacial score (nSPS) is 11.4. The Bertz CT molecular complexity index is 788. The minimum absolute atomic E-state index is 0.124. The maximum atomic E-state index is 12.3. The standard InChI is InChI=1S/C20H23NO6/c1-13(15-5-7-16(8-6-15)27-12-20(23)24)21-19(22)11-14-4-9-17(25-2)18(10-14)26-3/h4-10,13H,11-12H2,1-3H3,(H,21,22)(H,23,24). The second kappa shape index (κ2) is 9.47. The molecule has 2 N–H and O–H groups in total. The van der Waals surface area contributed by atoms with Gasteiger partial charge in [-0.25, -0.2) is 4.79 Å². The molecule has 27 heavy (non-hydrogen) atoms. The summed E-state index contributed by atoms with van der Waals surface area (Å²) in [6, 6.07) is 12.1. The number of hydrogen-bond acceptors (Lipinski definition) is 5. The van der Waals surface area contributed by atoms with Crippen molar-refractivity contribution in [2.45, 2.75) is 19.4 Å². The monoisotopic (exact) mass is 373 g/mol. The Labute approximate surface area is 157 Å². The molecule has 1 unspecified atom stereocenters. The van der Waals surface area contributed by atoms with Crippen LogP contribution in [-0.4, -0.2) is 37.8 Å². The van der Waals surface area contributed by atoms with Crippen molar-refractivity contribution in [3.05, 3.63) is 53.6 Å². The molecule has 2 aromatic rings. The van der Waals surface area contributed by atoms with E-state index in [1.165, 1.54) is 0 Å². The highest BCUT2D eigenvalue weighted by molar-refractivity contribution is 5.79. The van der Waals surface area contributed by atoms with Gasteiger partial charge in [0.15, 0.2) is 18.1 Å². The Hall–Kier alpha value is -3.22. The van der Waals surface area contributed by atoms with E-state index in [4.69, 9.17) is 19.3 Å². The number of carbonyl (C=O) groups is 2. The fraction of sp³-hybridized carbons (Fsp3) is 0.300. The second-order valence-corrected chi connectivity index (χ2v) is 5.91. The van der Waals surface area contributed by atoms with Gasteiger partial charge < -0.3 is 24.6 Å². The molecule has 0 saturated carbocycles. The van der Waals surface area contributed by atoms with E-state index in [-0.39, 0.29) is 18.4 Å². The summed E-state index contributed by atoms with van der Waals surface area (Å²) in [6.07, 6.45) is 0.213. The molecule has 0 saturated heterocycles. The maximum Gasteiger partial charge on any atom is 0.341 e. The lowest BCUT2D eigenvalue weighted by Gasteiger charge is -2.15. The van der Waals surface area contributed by atoms with Crippen molar-refractivity contribution in [3.8, 4) is 17.2 Å². The van der Waals surface area contributed by atoms with E-state index in [0.29, 0.717) is 17.2 Å². The van der Waals surface area contributed by atoms with Gasteiger partial charge in [0.1, 0.15) is 5.75 Å². The number of carboxylic acid groups (broad SMARTS) is 1. The van der Waals surface area contributed by atoms with Crippen LogP contribution in [0, 0.1) is 0 Å². The number of carbonyl (C=O) groups excluding carboxylic acids is 1. The third-order valence-corrected chi connectivity index (χ3v) is 3.93. The average Bonchev–Trinajstić information content (AvgIpc) is 2.66. The number of methoxy groups -OCH3 is 2. The maximum absolute atomic E-state index is 12.3. The van der Waals surface area contributed by atoms with Gasteiger partial charge in [-0.15, -0.1) is 0 Å². The topological polar surface area (TPSA) is 94.1 Å². The summed E-state index contributed by atoms with van der Waals surface area (Å²) < 4.78 is 15.5. The first-order valence-electron chi connectivity index (χ1n) is 8.37. The van der Waals surface area contributed by atoms with Crippen molar-refractivity contribution in [2.24, 2.45) is 0 Å². The van der Waals surface area contributed by atoms with E-state index in [0.717, 1.165) is 11.1 Å². The minimum Gasteiger partial charge on any atom is -0.493 e. The van der Waals surface area contributed by atoms with E-state index in [2.05, 4.69) is 5.32 Å². The predicted molar refractivity (Wildman–Crippen MR) is 99.4 cm³/mol. The molecule has 0 radical (unpaired) electrons. The van der Waals surface area contributed by atoms with Gasteiger partial charge in [-0.1, -0.05) is 18.2 Å². The SMILES string of the molecule is COc1ccc(CC(=O)NC(C)c2ccc(OCC(=O)O)cc2)cc1OC. The van der Waals surface area contributed by atoms with Crippen LogP contribution in [0.25, 0.3) is 0 Å². The summed E-state index contributed by atoms with van der Waals surface area (Å²) in [5.41, 5.74) is 1.70. The molecule has 7 nitrogen and oxygen atoms in total. The number of benzene rings is 2. The van der Waals surface area contributed by atoms with Crippen LogP contribution in [0.4, 0.5) is 0 Å². The van der Waals surface area contributed by atoms with Gasteiger partial charge in [0.25, 0.3) is 0 Å². The van der Waals surface area contributed by atoms with Gasteiger partial charge in [0.2, 0.25) is 5.91 Å². The molecular formula is C20H23NO6. The number of rotatable bonds is 9. The highest BCUT2D eigenvalue weighted by atomic mass is 16.5. The Morgan fingerprint density at radius 1 is 1.04 bits per heavy atom. The van der Waals surface area contributed by atoms with Crippen molar-refractivity contribution in [1.82, 2.24) is 5.32 Å². The van der Waals surface area contributed by atoms with Crippen LogP contribution in [-0.2, 0) is 16.0 Å². The average molecular weight is 373 g/mol. The zero-order valence-electron chi connectivity index (χ0n) is 15.5. The Morgan fingerprint density at radius 2 is 1.70 bits per heavy atom. The van der Waals surface area contributed by atoms with Gasteiger partial charge >= 0.3 is 5.97 Å². The highest BCUT2D eigenvalue weighted by Gasteiger charge is 2.12. The summed E-state index contributed by atoms with van der Waals surface area (Å²) >= 11 is 0. The van der Waals surface area contributed by atoms with E-state index in [1.54, 1.807) is 50.6 Å². The van der Waals surface area contributed by atoms with Crippen LogP contribution in [0.3, 0.4) is 0 Å². The number of aliphatic carboxylic acids is 1. The zero-order valence-corrected chi connectivity index (χ0v) is 15.5. The number of amides is 1. The lowest BCUT2D eigenvalue weighted by Crippen LogP contribution is -2.28. The summed E-state index contributed by atoms with van der Waals surface area (Å²) in [4.78, 5) is 22.8. The number of carboxylic acids is 1. The van der Waals surface area contributed by atoms with E-state index in [9.17, 15) is 9.59 Å². The van der Waals surface area contributed by atoms with Crippen molar-refractivity contribution in [2.75, 3.05) is 20.8 Å². The molecule has 0 bridgehead atoms. The van der Waals surface area contributed by atoms with Gasteiger partial charge in [0.05, 0.1) is 26.7 Å². The van der Waals surface area contributed by atoms with Crippen molar-refractivity contribution < 1.29 is 28.9 Å². The van der Waals surface area contributed by atoms with Gasteiger partial charge in [-0.3, -0.25) is 4.79 Å². The number of hydrogen-bond donors (Lipinski definition) is 2. The molecule has 7 heteroatoms. The molecule has 2 rings (SSSR count). The Morgan fingerprint density at radius 3 is 2.30 bits per heavy atom. The van der Waals surface area contributed by atoms with Crippen molar-refractivity contribution >= 4 is 11.9 Å². The van der Waals surface area contributed by atoms with Gasteiger partial charge in [-0.2, -0.15) is 0 Å². The first-order valence-corrected chi connectivity index (χ1v) is 8.37. The van der Waals surface area contributed by atoms with Crippen molar-refractivity contribution in [3.63, 3.8) is 0 Å². The molecule has 144 valence electrons. The molecule has 2 aromatic carbocycles. The largest absolute Gasteiger partial charge is 0.493 e. The van der Waals surface area contributed by atoms with E-state index in [1.807, 2.05) is 13.0 Å². The molecule has 0 aliphatic rings. The number of nitrogens with one attached hydrogen (secondary N) is 1. The zero-order chi connectivity index (χ0) is 19.8. The van der Waals surface area contributed by atoms with Gasteiger partial charge in [0, 0.05) is 0 Å². The van der Waals surface area contributed by atoms with Crippen molar-refractivity contribution in [1.29, 1.82) is 0 Å². The molecule has 0 aliphatic carbocycles. The smallest absolute Gasteiger partial charge is 0.341 e. The summed E-state index contributed by atoms with van der Waals surface area (Å²) in [6.45, 7) is 1.48. The second-order valence-electron chi connectivity index (χ2n) is 5.91. The molecule has 0 fully saturated rings. The van der Waals surface area contributed by atoms with Crippen LogP contribution in [0.2, 0.25) is 0 Å². The lowest BCUT2D eigenvalue weighted by atomic mass is 10.1. The first-order chi connectivity index (χ1) is 12.9. The Kier molecular flexibility index (Phi) is 7.05. The van der Waals surface area contributed by atoms with Crippen LogP contribution >= 0.6 is 0 Å². The summed E-state index contributed by atoms with van der Waals surface area (Å²) in [7, 11) is 3.11. The summed E-state index contributed by atoms with van der Waals surface area (Å²) in [5, 5.41) is 11.5. The fourth-order valence-corrected chi connectivity index (χ4v) is 2.55. The van der Waals surface area contributed by atoms with E-state index >= 15 is 0 Å². The number of ether oxygens (including phenoxy) is 3. The molecule has 0 aliphatic heterocycles. The molecular weight excluding hydrogens is 350 g/mol. The first kappa shape index (κ1) is 20.1. The van der Waals surface area contributed by atoms with Crippen LogP contribution in [0.5, 0.6) is 17.2 Å². The predicted octanol–water partition coefficient (Wildman–Crippen LogP) is 2.59. The third kappa shape index (κ3) is 5.91. The summed E-state index contributed by atoms with van der Waals surface area (Å²) in [5.74, 6) is 0.494. The molecule has 0 spiro atoms. The van der Waals surface area contributed by atoms with Gasteiger partial charge in [-0.05, 0) is 42.3 Å². The Balaban J connectivity index is 1.94. The molecule has 0 aromatic heterocycles. The van der Waals surface area contributed by atoms with Crippen LogP contribution in [0.1, 0.15) is 24.1 Å². The molecule has 0 heterocycles. The highest BCUT2D eigenvalue weighted by Crippen LogP contribution is 2.27. The lowest BCUT2D eigenvalue weighted by molar-refractivity contribution is -0.139. The van der Waals surface area contributed by atoms with Crippen LogP contribution < -0.4 is 19.5 Å².